The Labute approximate surface area is 387 Å². The maximum absolute atomic E-state index is 14.9. The number of halogens is 2. The first-order chi connectivity index (χ1) is 30.9. The summed E-state index contributed by atoms with van der Waals surface area (Å²) in [4.78, 5) is 60.3. The van der Waals surface area contributed by atoms with Crippen LogP contribution >= 0.6 is 23.2 Å². The molecule has 336 valence electrons. The molecule has 0 aromatic heterocycles. The van der Waals surface area contributed by atoms with Gasteiger partial charge in [0.25, 0.3) is 0 Å². The van der Waals surface area contributed by atoms with Crippen LogP contribution in [0.3, 0.4) is 0 Å². The number of nitrogens with one attached hydrogen (secondary N) is 1. The fourth-order valence-corrected chi connectivity index (χ4v) is 9.30. The number of hydrogen-bond donors (Lipinski definition) is 2. The van der Waals surface area contributed by atoms with Crippen molar-refractivity contribution in [3.05, 3.63) is 177 Å². The van der Waals surface area contributed by atoms with Crippen molar-refractivity contribution in [2.45, 2.75) is 81.1 Å². The van der Waals surface area contributed by atoms with Gasteiger partial charge in [-0.25, -0.2) is 0 Å². The minimum absolute atomic E-state index is 0.00390. The van der Waals surface area contributed by atoms with E-state index in [1.165, 1.54) is 12.0 Å². The SMILES string of the molecule is COC[C@H](N)C(=O)N(C)[C@H](CC(=O)N[C@H]1CCCC[C@@H]1N(C)C(=O)[C@@H](CC(=O)OC(c1ccccc1)(c1ccccc1)c1ccccc1Cl)Cc1ccccc1)Cc1ccc(Cl)cc1. The molecule has 5 aromatic carbocycles. The molecule has 0 radical (unpaired) electrons. The second-order valence-electron chi connectivity index (χ2n) is 16.6. The molecule has 0 unspecified atom stereocenters. The standard InChI is InChI=1S/C52H58Cl2N4O6/c1-57(51(62)45(55)35-63-3)42(32-37-27-29-41(53)30-28-37)34-48(59)56-46-25-15-16-26-47(46)58(2)50(61)38(31-36-17-7-4-8-18-36)33-49(60)64-52(39-19-9-5-10-20-39,40-21-11-6-12-22-40)43-23-13-14-24-44(43)54/h4-14,17-24,27-30,38,42,45-47H,15-16,25-26,31-35,55H2,1-3H3,(H,56,59)/t38-,42+,45+,46+,47+/m1/s1. The Morgan fingerprint density at radius 1 is 0.719 bits per heavy atom. The van der Waals surface area contributed by atoms with E-state index in [1.807, 2.05) is 121 Å². The van der Waals surface area contributed by atoms with Crippen LogP contribution in [0.1, 0.15) is 66.3 Å². The van der Waals surface area contributed by atoms with Crippen molar-refractivity contribution in [1.82, 2.24) is 15.1 Å². The molecule has 12 heteroatoms. The number of nitrogens with two attached hydrogens (primary N) is 1. The van der Waals surface area contributed by atoms with E-state index in [0.29, 0.717) is 46.0 Å². The van der Waals surface area contributed by atoms with Crippen LogP contribution in [0.2, 0.25) is 10.0 Å². The molecule has 0 heterocycles. The van der Waals surface area contributed by atoms with Crippen LogP contribution in [0.4, 0.5) is 0 Å². The largest absolute Gasteiger partial charge is 0.444 e. The Hall–Kier alpha value is -5.52. The molecule has 1 aliphatic carbocycles. The Morgan fingerprint density at radius 2 is 1.28 bits per heavy atom. The summed E-state index contributed by atoms with van der Waals surface area (Å²) in [5.41, 5.74) is 8.53. The Balaban J connectivity index is 1.25. The Bertz CT molecular complexity index is 2260. The van der Waals surface area contributed by atoms with E-state index in [-0.39, 0.29) is 55.7 Å². The zero-order valence-electron chi connectivity index (χ0n) is 36.7. The minimum atomic E-state index is -1.43. The van der Waals surface area contributed by atoms with Gasteiger partial charge in [0.15, 0.2) is 5.60 Å². The van der Waals surface area contributed by atoms with E-state index < -0.39 is 29.6 Å². The minimum Gasteiger partial charge on any atom is -0.444 e. The lowest BCUT2D eigenvalue weighted by molar-refractivity contribution is -0.157. The quantitative estimate of drug-likeness (QED) is 0.0629. The van der Waals surface area contributed by atoms with Crippen LogP contribution < -0.4 is 11.1 Å². The van der Waals surface area contributed by atoms with Crippen LogP contribution in [0, 0.1) is 5.92 Å². The molecule has 6 rings (SSSR count). The van der Waals surface area contributed by atoms with Gasteiger partial charge in [-0.15, -0.1) is 0 Å². The summed E-state index contributed by atoms with van der Waals surface area (Å²) in [7, 11) is 4.89. The topological polar surface area (TPSA) is 131 Å². The van der Waals surface area contributed by atoms with Crippen molar-refractivity contribution >= 4 is 46.9 Å². The molecule has 10 nitrogen and oxygen atoms in total. The summed E-state index contributed by atoms with van der Waals surface area (Å²) in [6, 6.07) is 41.2. The average molecular weight is 906 g/mol. The van der Waals surface area contributed by atoms with E-state index in [0.717, 1.165) is 24.0 Å². The molecule has 1 fully saturated rings. The van der Waals surface area contributed by atoms with Crippen molar-refractivity contribution in [2.75, 3.05) is 27.8 Å². The van der Waals surface area contributed by atoms with Crippen LogP contribution in [0.25, 0.3) is 0 Å². The first-order valence-corrected chi connectivity index (χ1v) is 22.6. The van der Waals surface area contributed by atoms with E-state index in [1.54, 1.807) is 37.2 Å². The first-order valence-electron chi connectivity index (χ1n) is 21.8. The molecule has 0 saturated heterocycles. The lowest BCUT2D eigenvalue weighted by Gasteiger charge is -2.40. The molecule has 3 amide bonds. The molecule has 5 aromatic rings. The number of methoxy groups -OCH3 is 1. The van der Waals surface area contributed by atoms with Crippen molar-refractivity contribution in [3.63, 3.8) is 0 Å². The lowest BCUT2D eigenvalue weighted by Crippen LogP contribution is -2.56. The third-order valence-electron chi connectivity index (χ3n) is 12.3. The number of carbonyl (C=O) groups is 4. The van der Waals surface area contributed by atoms with Gasteiger partial charge in [-0.1, -0.05) is 157 Å². The smallest absolute Gasteiger partial charge is 0.308 e. The second kappa shape index (κ2) is 22.9. The molecule has 0 aliphatic heterocycles. The predicted octanol–water partition coefficient (Wildman–Crippen LogP) is 8.40. The molecular weight excluding hydrogens is 847 g/mol. The fourth-order valence-electron chi connectivity index (χ4n) is 8.91. The van der Waals surface area contributed by atoms with E-state index in [2.05, 4.69) is 5.32 Å². The molecular formula is C52H58Cl2N4O6. The van der Waals surface area contributed by atoms with E-state index in [9.17, 15) is 19.2 Å². The van der Waals surface area contributed by atoms with Gasteiger partial charge < -0.3 is 30.3 Å². The third kappa shape index (κ3) is 12.0. The molecule has 0 bridgehead atoms. The molecule has 0 spiro atoms. The molecule has 1 saturated carbocycles. The van der Waals surface area contributed by atoms with Gasteiger partial charge in [-0.05, 0) is 55.0 Å². The number of ether oxygens (including phenoxy) is 2. The van der Waals surface area contributed by atoms with Crippen molar-refractivity contribution in [1.29, 1.82) is 0 Å². The highest BCUT2D eigenvalue weighted by atomic mass is 35.5. The number of nitrogens with zero attached hydrogens (tertiary/aromatic N) is 2. The summed E-state index contributed by atoms with van der Waals surface area (Å²) in [5, 5.41) is 4.25. The number of carbonyl (C=O) groups excluding carboxylic acids is 4. The highest BCUT2D eigenvalue weighted by Gasteiger charge is 2.43. The van der Waals surface area contributed by atoms with Gasteiger partial charge in [0.05, 0.1) is 25.0 Å². The predicted molar refractivity (Wildman–Crippen MR) is 252 cm³/mol. The summed E-state index contributed by atoms with van der Waals surface area (Å²) in [5.74, 6) is -2.19. The number of rotatable bonds is 19. The van der Waals surface area contributed by atoms with E-state index >= 15 is 0 Å². The van der Waals surface area contributed by atoms with Crippen molar-refractivity contribution in [3.8, 4) is 0 Å². The number of likely N-dealkylation sites (N-methyl/N-ethyl adjacent to an activating group) is 2. The summed E-state index contributed by atoms with van der Waals surface area (Å²) in [6.45, 7) is 0.0401. The van der Waals surface area contributed by atoms with Crippen molar-refractivity contribution < 1.29 is 28.7 Å². The Kier molecular flexibility index (Phi) is 17.2. The van der Waals surface area contributed by atoms with Crippen molar-refractivity contribution in [2.24, 2.45) is 11.7 Å². The number of amides is 3. The van der Waals surface area contributed by atoms with Gasteiger partial charge in [0.1, 0.15) is 6.04 Å². The maximum Gasteiger partial charge on any atom is 0.308 e. The normalized spacial score (nSPS) is 16.5. The van der Waals surface area contributed by atoms with Crippen LogP contribution in [-0.4, -0.2) is 85.5 Å². The van der Waals surface area contributed by atoms with Crippen LogP contribution in [-0.2, 0) is 47.1 Å². The molecule has 1 aliphatic rings. The maximum atomic E-state index is 14.9. The van der Waals surface area contributed by atoms with Crippen LogP contribution in [0.15, 0.2) is 140 Å². The zero-order chi connectivity index (χ0) is 45.6. The highest BCUT2D eigenvalue weighted by molar-refractivity contribution is 6.31. The lowest BCUT2D eigenvalue weighted by atomic mass is 9.80. The summed E-state index contributed by atoms with van der Waals surface area (Å²) < 4.78 is 11.9. The van der Waals surface area contributed by atoms with E-state index in [4.69, 9.17) is 38.4 Å². The van der Waals surface area contributed by atoms with Gasteiger partial charge in [0, 0.05) is 66.4 Å². The number of hydrogen-bond acceptors (Lipinski definition) is 7. The first kappa shape index (κ1) is 47.9. The van der Waals surface area contributed by atoms with Gasteiger partial charge in [-0.2, -0.15) is 0 Å². The molecule has 64 heavy (non-hydrogen) atoms. The fraction of sp³-hybridized carbons (Fsp3) is 0.346. The number of benzene rings is 5. The highest BCUT2D eigenvalue weighted by Crippen LogP contribution is 2.44. The van der Waals surface area contributed by atoms with Gasteiger partial charge in [0.2, 0.25) is 17.7 Å². The number of esters is 1. The third-order valence-corrected chi connectivity index (χ3v) is 12.8. The Morgan fingerprint density at radius 3 is 1.89 bits per heavy atom. The molecule has 5 atom stereocenters. The zero-order valence-corrected chi connectivity index (χ0v) is 38.2. The average Bonchev–Trinajstić information content (AvgIpc) is 3.31. The summed E-state index contributed by atoms with van der Waals surface area (Å²) >= 11 is 13.1. The second-order valence-corrected chi connectivity index (χ2v) is 17.5. The van der Waals surface area contributed by atoms with Gasteiger partial charge >= 0.3 is 5.97 Å². The summed E-state index contributed by atoms with van der Waals surface area (Å²) in [6.07, 6.45) is 3.51. The van der Waals surface area contributed by atoms with Crippen LogP contribution in [0.5, 0.6) is 0 Å². The molecule has 3 N–H and O–H groups in total. The van der Waals surface area contributed by atoms with Gasteiger partial charge in [-0.3, -0.25) is 19.2 Å². The monoisotopic (exact) mass is 904 g/mol.